The molecule has 0 unspecified atom stereocenters. The summed E-state index contributed by atoms with van der Waals surface area (Å²) in [4.78, 5) is 0. The van der Waals surface area contributed by atoms with E-state index in [-0.39, 0.29) is 0 Å². The van der Waals surface area contributed by atoms with Crippen LogP contribution in [0.3, 0.4) is 0 Å². The van der Waals surface area contributed by atoms with Crippen LogP contribution in [0.5, 0.6) is 0 Å². The van der Waals surface area contributed by atoms with Gasteiger partial charge in [-0.05, 0) is 46.2 Å². The summed E-state index contributed by atoms with van der Waals surface area (Å²) in [6.07, 6.45) is 6.18. The highest BCUT2D eigenvalue weighted by Crippen LogP contribution is 1.99. The van der Waals surface area contributed by atoms with Crippen molar-refractivity contribution in [2.45, 2.75) is 40.0 Å². The van der Waals surface area contributed by atoms with Gasteiger partial charge in [-0.1, -0.05) is 18.6 Å². The molecule has 1 nitrogen and oxygen atoms in total. The molecule has 0 aromatic carbocycles. The van der Waals surface area contributed by atoms with Crippen LogP contribution >= 0.6 is 0 Å². The largest absolute Gasteiger partial charge is 0.317 e. The molecule has 0 aromatic rings. The van der Waals surface area contributed by atoms with Crippen molar-refractivity contribution in [3.05, 3.63) is 11.6 Å². The van der Waals surface area contributed by atoms with E-state index in [0.29, 0.717) is 0 Å². The molecule has 1 N–H and O–H groups in total. The molecule has 0 fully saturated rings. The minimum absolute atomic E-state index is 1.10. The van der Waals surface area contributed by atoms with Gasteiger partial charge in [-0.25, -0.2) is 0 Å². The van der Waals surface area contributed by atoms with E-state index in [1.165, 1.54) is 31.4 Å². The normalized spacial score (nSPS) is 9.73. The molecule has 0 aliphatic heterocycles. The topological polar surface area (TPSA) is 12.0 Å². The van der Waals surface area contributed by atoms with Crippen LogP contribution in [0, 0.1) is 0 Å². The Bertz CT molecular complexity index is 101. The Hall–Kier alpha value is -0.300. The van der Waals surface area contributed by atoms with Crippen LogP contribution < -0.4 is 5.32 Å². The maximum absolute atomic E-state index is 3.32. The van der Waals surface area contributed by atoms with Gasteiger partial charge in [0.15, 0.2) is 0 Å². The second-order valence-electron chi connectivity index (χ2n) is 3.13. The third-order valence-electron chi connectivity index (χ3n) is 1.61. The summed E-state index contributed by atoms with van der Waals surface area (Å²) < 4.78 is 0. The second-order valence-corrected chi connectivity index (χ2v) is 3.13. The van der Waals surface area contributed by atoms with E-state index in [2.05, 4.69) is 32.2 Å². The molecule has 0 rings (SSSR count). The molecule has 1 heteroatoms. The summed E-state index contributed by atoms with van der Waals surface area (Å²) in [5.74, 6) is 0. The zero-order valence-electron chi connectivity index (χ0n) is 8.11. The molecular weight excluding hydrogens is 134 g/mol. The molecule has 0 aromatic heterocycles. The molecule has 11 heavy (non-hydrogen) atoms. The maximum Gasteiger partial charge on any atom is -0.00489 e. The van der Waals surface area contributed by atoms with Gasteiger partial charge in [0.05, 0.1) is 0 Å². The van der Waals surface area contributed by atoms with Gasteiger partial charge in [0, 0.05) is 0 Å². The fraction of sp³-hybridized carbons (Fsp3) is 0.800. The van der Waals surface area contributed by atoms with Gasteiger partial charge < -0.3 is 5.32 Å². The molecule has 0 saturated carbocycles. The van der Waals surface area contributed by atoms with E-state index in [1.54, 1.807) is 0 Å². The van der Waals surface area contributed by atoms with Gasteiger partial charge in [-0.2, -0.15) is 0 Å². The number of unbranched alkanes of at least 4 members (excludes halogenated alkanes) is 2. The van der Waals surface area contributed by atoms with Crippen LogP contribution in [0.2, 0.25) is 0 Å². The number of rotatable bonds is 6. The Balaban J connectivity index is 2.97. The zero-order valence-corrected chi connectivity index (χ0v) is 8.11. The summed E-state index contributed by atoms with van der Waals surface area (Å²) in [6.45, 7) is 8.74. The van der Waals surface area contributed by atoms with Crippen molar-refractivity contribution in [2.75, 3.05) is 13.1 Å². The van der Waals surface area contributed by atoms with Crippen LogP contribution in [0.1, 0.15) is 40.0 Å². The average molecular weight is 155 g/mol. The van der Waals surface area contributed by atoms with Crippen LogP contribution in [0.15, 0.2) is 11.6 Å². The smallest absolute Gasteiger partial charge is 0.00489 e. The van der Waals surface area contributed by atoms with E-state index in [4.69, 9.17) is 0 Å². The van der Waals surface area contributed by atoms with E-state index in [0.717, 1.165) is 6.54 Å². The Kier molecular flexibility index (Phi) is 7.59. The van der Waals surface area contributed by atoms with Crippen molar-refractivity contribution in [1.29, 1.82) is 0 Å². The summed E-state index contributed by atoms with van der Waals surface area (Å²) >= 11 is 0. The maximum atomic E-state index is 3.32. The first-order valence-electron chi connectivity index (χ1n) is 4.61. The van der Waals surface area contributed by atoms with Crippen molar-refractivity contribution >= 4 is 0 Å². The summed E-state index contributed by atoms with van der Waals surface area (Å²) in [6, 6.07) is 0. The second kappa shape index (κ2) is 7.80. The van der Waals surface area contributed by atoms with Crippen LogP contribution in [0.25, 0.3) is 0 Å². The first-order chi connectivity index (χ1) is 5.27. The van der Waals surface area contributed by atoms with Crippen molar-refractivity contribution in [2.24, 2.45) is 0 Å². The summed E-state index contributed by atoms with van der Waals surface area (Å²) in [7, 11) is 0. The molecule has 0 radical (unpaired) electrons. The van der Waals surface area contributed by atoms with E-state index in [9.17, 15) is 0 Å². The highest BCUT2D eigenvalue weighted by Gasteiger charge is 1.85. The third-order valence-corrected chi connectivity index (χ3v) is 1.61. The molecule has 0 aliphatic carbocycles. The van der Waals surface area contributed by atoms with Crippen LogP contribution in [-0.2, 0) is 0 Å². The molecule has 0 atom stereocenters. The molecule has 66 valence electrons. The fourth-order valence-electron chi connectivity index (χ4n) is 0.962. The predicted octanol–water partition coefficient (Wildman–Crippen LogP) is 2.73. The lowest BCUT2D eigenvalue weighted by Crippen LogP contribution is -2.13. The predicted molar refractivity (Wildman–Crippen MR) is 51.8 cm³/mol. The van der Waals surface area contributed by atoms with Crippen LogP contribution in [-0.4, -0.2) is 13.1 Å². The minimum atomic E-state index is 1.10. The standard InChI is InChI=1S/C10H21N/c1-4-11-9-7-5-6-8-10(2)3/h8,11H,4-7,9H2,1-3H3. The van der Waals surface area contributed by atoms with Gasteiger partial charge in [-0.15, -0.1) is 0 Å². The van der Waals surface area contributed by atoms with E-state index in [1.807, 2.05) is 0 Å². The lowest BCUT2D eigenvalue weighted by Gasteiger charge is -1.98. The fourth-order valence-corrected chi connectivity index (χ4v) is 0.962. The van der Waals surface area contributed by atoms with Gasteiger partial charge >= 0.3 is 0 Å². The van der Waals surface area contributed by atoms with Crippen LogP contribution in [0.4, 0.5) is 0 Å². The Morgan fingerprint density at radius 1 is 1.27 bits per heavy atom. The highest BCUT2D eigenvalue weighted by molar-refractivity contribution is 4.92. The zero-order chi connectivity index (χ0) is 8.53. The molecule has 0 spiro atoms. The van der Waals surface area contributed by atoms with Gasteiger partial charge in [0.1, 0.15) is 0 Å². The molecule has 0 bridgehead atoms. The Labute approximate surface area is 70.9 Å². The van der Waals surface area contributed by atoms with Crippen molar-refractivity contribution in [1.82, 2.24) is 5.32 Å². The molecule has 0 aliphatic rings. The van der Waals surface area contributed by atoms with Gasteiger partial charge in [0.2, 0.25) is 0 Å². The number of nitrogens with one attached hydrogen (secondary N) is 1. The number of hydrogen-bond acceptors (Lipinski definition) is 1. The molecule has 0 heterocycles. The lowest BCUT2D eigenvalue weighted by molar-refractivity contribution is 0.645. The van der Waals surface area contributed by atoms with Crippen molar-refractivity contribution in [3.63, 3.8) is 0 Å². The van der Waals surface area contributed by atoms with Crippen molar-refractivity contribution < 1.29 is 0 Å². The van der Waals surface area contributed by atoms with Gasteiger partial charge in [0.25, 0.3) is 0 Å². The Morgan fingerprint density at radius 3 is 2.55 bits per heavy atom. The SMILES string of the molecule is CCNCCCCC=C(C)C. The first-order valence-corrected chi connectivity index (χ1v) is 4.61. The minimum Gasteiger partial charge on any atom is -0.317 e. The molecular formula is C10H21N. The Morgan fingerprint density at radius 2 is 2.00 bits per heavy atom. The number of allylic oxidation sites excluding steroid dienone is 2. The van der Waals surface area contributed by atoms with Gasteiger partial charge in [-0.3, -0.25) is 0 Å². The lowest BCUT2D eigenvalue weighted by atomic mass is 10.2. The van der Waals surface area contributed by atoms with Crippen molar-refractivity contribution in [3.8, 4) is 0 Å². The highest BCUT2D eigenvalue weighted by atomic mass is 14.8. The first kappa shape index (κ1) is 10.7. The number of hydrogen-bond donors (Lipinski definition) is 1. The summed E-state index contributed by atoms with van der Waals surface area (Å²) in [5.41, 5.74) is 1.44. The summed E-state index contributed by atoms with van der Waals surface area (Å²) in [5, 5.41) is 3.32. The third kappa shape index (κ3) is 9.70. The monoisotopic (exact) mass is 155 g/mol. The van der Waals surface area contributed by atoms with E-state index < -0.39 is 0 Å². The molecule has 0 amide bonds. The quantitative estimate of drug-likeness (QED) is 0.459. The average Bonchev–Trinajstić information content (AvgIpc) is 1.96. The molecule has 0 saturated heterocycles. The van der Waals surface area contributed by atoms with E-state index >= 15 is 0 Å².